The Kier molecular flexibility index (Phi) is 8.71. The van der Waals surface area contributed by atoms with Gasteiger partial charge in [-0.15, -0.1) is 10.2 Å². The van der Waals surface area contributed by atoms with Gasteiger partial charge in [-0.05, 0) is 53.4 Å². The van der Waals surface area contributed by atoms with E-state index < -0.39 is 23.7 Å². The van der Waals surface area contributed by atoms with Crippen molar-refractivity contribution >= 4 is 11.9 Å². The SMILES string of the molecule is CCCc1cc(C(=O)NC(CC(=O)O)Cc2cccc(F)c2)nn1Cc1ccc(-c2ccccc2-c2nn[nH]n2)nc1. The Morgan fingerprint density at radius 1 is 1.05 bits per heavy atom. The third kappa shape index (κ3) is 6.89. The van der Waals surface area contributed by atoms with Crippen LogP contribution in [0.15, 0.2) is 72.9 Å². The zero-order valence-corrected chi connectivity index (χ0v) is 22.9. The molecular formula is C30H29FN8O3. The zero-order chi connectivity index (χ0) is 29.5. The standard InChI is InChI=1S/C30H29FN8O3/c1-2-6-23-16-27(30(42)33-22(15-28(40)41)14-19-7-5-8-21(31)13-19)36-39(23)18-20-11-12-26(32-17-20)24-9-3-4-10-25(24)29-34-37-38-35-29/h3-5,7-13,16-17,22H,2,6,14-15,18H2,1H3,(H,33,42)(H,40,41)(H,34,35,37,38). The lowest BCUT2D eigenvalue weighted by atomic mass is 10.0. The van der Waals surface area contributed by atoms with Crippen LogP contribution in [0.25, 0.3) is 22.6 Å². The van der Waals surface area contributed by atoms with Crippen LogP contribution in [0.4, 0.5) is 4.39 Å². The van der Waals surface area contributed by atoms with E-state index in [1.54, 1.807) is 29.1 Å². The van der Waals surface area contributed by atoms with Crippen molar-refractivity contribution < 1.29 is 19.1 Å². The Morgan fingerprint density at radius 2 is 1.88 bits per heavy atom. The van der Waals surface area contributed by atoms with Crippen LogP contribution in [0.2, 0.25) is 0 Å². The van der Waals surface area contributed by atoms with Crippen LogP contribution in [-0.2, 0) is 24.2 Å². The Bertz CT molecular complexity index is 1670. The highest BCUT2D eigenvalue weighted by Crippen LogP contribution is 2.28. The van der Waals surface area contributed by atoms with E-state index in [0.717, 1.165) is 34.5 Å². The molecule has 3 N–H and O–H groups in total. The molecule has 1 unspecified atom stereocenters. The van der Waals surface area contributed by atoms with Crippen molar-refractivity contribution in [3.8, 4) is 22.6 Å². The summed E-state index contributed by atoms with van der Waals surface area (Å²) < 4.78 is 15.4. The van der Waals surface area contributed by atoms with E-state index in [2.05, 4.69) is 36.0 Å². The van der Waals surface area contributed by atoms with Crippen molar-refractivity contribution in [1.29, 1.82) is 0 Å². The second-order valence-corrected chi connectivity index (χ2v) is 9.86. The molecule has 0 bridgehead atoms. The van der Waals surface area contributed by atoms with Crippen molar-refractivity contribution in [2.24, 2.45) is 0 Å². The average Bonchev–Trinajstić information content (AvgIpc) is 3.64. The second kappa shape index (κ2) is 12.9. The van der Waals surface area contributed by atoms with Gasteiger partial charge in [-0.2, -0.15) is 10.3 Å². The summed E-state index contributed by atoms with van der Waals surface area (Å²) in [5.41, 5.74) is 4.95. The molecule has 3 aromatic heterocycles. The van der Waals surface area contributed by atoms with Crippen LogP contribution in [0.1, 0.15) is 47.1 Å². The topological polar surface area (TPSA) is 152 Å². The van der Waals surface area contributed by atoms with Gasteiger partial charge in [0.15, 0.2) is 0 Å². The van der Waals surface area contributed by atoms with Gasteiger partial charge in [0.1, 0.15) is 11.5 Å². The van der Waals surface area contributed by atoms with Gasteiger partial charge in [0.05, 0.1) is 18.7 Å². The number of carbonyl (C=O) groups is 2. The van der Waals surface area contributed by atoms with E-state index >= 15 is 0 Å². The minimum atomic E-state index is -1.07. The molecule has 0 saturated carbocycles. The molecule has 12 heteroatoms. The minimum absolute atomic E-state index is 0.173. The number of aromatic nitrogens is 7. The van der Waals surface area contributed by atoms with Gasteiger partial charge < -0.3 is 10.4 Å². The van der Waals surface area contributed by atoms with Crippen LogP contribution in [0.5, 0.6) is 0 Å². The van der Waals surface area contributed by atoms with Crippen LogP contribution < -0.4 is 5.32 Å². The van der Waals surface area contributed by atoms with Gasteiger partial charge >= 0.3 is 5.97 Å². The van der Waals surface area contributed by atoms with Crippen molar-refractivity contribution in [2.75, 3.05) is 0 Å². The van der Waals surface area contributed by atoms with Crippen LogP contribution >= 0.6 is 0 Å². The van der Waals surface area contributed by atoms with Crippen molar-refractivity contribution in [3.63, 3.8) is 0 Å². The van der Waals surface area contributed by atoms with Crippen LogP contribution in [0, 0.1) is 5.82 Å². The molecule has 0 aliphatic heterocycles. The van der Waals surface area contributed by atoms with Gasteiger partial charge in [0.25, 0.3) is 5.91 Å². The minimum Gasteiger partial charge on any atom is -0.481 e. The summed E-state index contributed by atoms with van der Waals surface area (Å²) in [6, 6.07) is 18.4. The van der Waals surface area contributed by atoms with Crippen LogP contribution in [-0.4, -0.2) is 58.4 Å². The third-order valence-electron chi connectivity index (χ3n) is 6.68. The number of halogens is 1. The second-order valence-electron chi connectivity index (χ2n) is 9.86. The molecule has 0 saturated heterocycles. The first-order chi connectivity index (χ1) is 20.4. The number of hydrogen-bond donors (Lipinski definition) is 3. The van der Waals surface area contributed by atoms with Gasteiger partial charge in [0, 0.05) is 29.1 Å². The zero-order valence-electron chi connectivity index (χ0n) is 22.9. The lowest BCUT2D eigenvalue weighted by Crippen LogP contribution is -2.38. The Labute approximate surface area is 240 Å². The highest BCUT2D eigenvalue weighted by Gasteiger charge is 2.21. The van der Waals surface area contributed by atoms with E-state index in [1.165, 1.54) is 12.1 Å². The Morgan fingerprint density at radius 3 is 2.57 bits per heavy atom. The number of pyridine rings is 1. The fourth-order valence-electron chi connectivity index (χ4n) is 4.78. The maximum atomic E-state index is 13.7. The number of aliphatic carboxylic acids is 1. The summed E-state index contributed by atoms with van der Waals surface area (Å²) in [6.45, 7) is 2.43. The number of benzene rings is 2. The molecule has 0 aliphatic rings. The number of rotatable bonds is 12. The van der Waals surface area contributed by atoms with Crippen LogP contribution in [0.3, 0.4) is 0 Å². The number of H-pyrrole nitrogens is 1. The normalized spacial score (nSPS) is 11.8. The fourth-order valence-corrected chi connectivity index (χ4v) is 4.78. The molecule has 3 heterocycles. The predicted molar refractivity (Wildman–Crippen MR) is 152 cm³/mol. The summed E-state index contributed by atoms with van der Waals surface area (Å²) in [5, 5.41) is 31.0. The molecule has 1 atom stereocenters. The Balaban J connectivity index is 1.33. The third-order valence-corrected chi connectivity index (χ3v) is 6.68. The number of tetrazole rings is 1. The quantitative estimate of drug-likeness (QED) is 0.204. The van der Waals surface area contributed by atoms with Crippen molar-refractivity contribution in [3.05, 3.63) is 101 Å². The summed E-state index contributed by atoms with van der Waals surface area (Å²) in [7, 11) is 0. The molecule has 0 spiro atoms. The highest BCUT2D eigenvalue weighted by molar-refractivity contribution is 5.93. The van der Waals surface area contributed by atoms with Gasteiger partial charge in [-0.1, -0.05) is 55.8 Å². The number of nitrogens with zero attached hydrogens (tertiary/aromatic N) is 6. The predicted octanol–water partition coefficient (Wildman–Crippen LogP) is 4.08. The maximum Gasteiger partial charge on any atom is 0.305 e. The number of carbonyl (C=O) groups excluding carboxylic acids is 1. The smallest absolute Gasteiger partial charge is 0.305 e. The van der Waals surface area contributed by atoms with E-state index in [1.807, 2.05) is 43.3 Å². The molecule has 214 valence electrons. The molecule has 42 heavy (non-hydrogen) atoms. The largest absolute Gasteiger partial charge is 0.481 e. The van der Waals surface area contributed by atoms with E-state index in [9.17, 15) is 19.1 Å². The number of hydrogen-bond acceptors (Lipinski definition) is 7. The average molecular weight is 569 g/mol. The molecule has 0 radical (unpaired) electrons. The first kappa shape index (κ1) is 28.3. The van der Waals surface area contributed by atoms with E-state index in [4.69, 9.17) is 0 Å². The van der Waals surface area contributed by atoms with Crippen molar-refractivity contribution in [1.82, 2.24) is 40.7 Å². The van der Waals surface area contributed by atoms with E-state index in [0.29, 0.717) is 24.4 Å². The van der Waals surface area contributed by atoms with Crippen molar-refractivity contribution in [2.45, 2.75) is 45.2 Å². The van der Waals surface area contributed by atoms with E-state index in [-0.39, 0.29) is 18.5 Å². The summed E-state index contributed by atoms with van der Waals surface area (Å²) in [6.07, 6.45) is 3.18. The summed E-state index contributed by atoms with van der Waals surface area (Å²) in [4.78, 5) is 29.3. The molecule has 2 aromatic carbocycles. The molecule has 5 rings (SSSR count). The number of nitrogens with one attached hydrogen (secondary N) is 2. The summed E-state index contributed by atoms with van der Waals surface area (Å²) in [5.74, 6) is -1.50. The fraction of sp³-hybridized carbons (Fsp3) is 0.233. The summed E-state index contributed by atoms with van der Waals surface area (Å²) >= 11 is 0. The first-order valence-electron chi connectivity index (χ1n) is 13.5. The number of amides is 1. The first-order valence-corrected chi connectivity index (χ1v) is 13.5. The molecule has 0 aliphatic carbocycles. The number of aryl methyl sites for hydroxylation is 1. The maximum absolute atomic E-state index is 13.7. The lowest BCUT2D eigenvalue weighted by Gasteiger charge is -2.16. The van der Waals surface area contributed by atoms with Gasteiger partial charge in [0.2, 0.25) is 5.82 Å². The molecule has 1 amide bonds. The monoisotopic (exact) mass is 568 g/mol. The number of aromatic amines is 1. The molecule has 0 fully saturated rings. The van der Waals surface area contributed by atoms with Gasteiger partial charge in [-0.25, -0.2) is 4.39 Å². The molecule has 5 aromatic rings. The highest BCUT2D eigenvalue weighted by atomic mass is 19.1. The number of carboxylic acid groups (broad SMARTS) is 1. The molecular weight excluding hydrogens is 539 g/mol. The van der Waals surface area contributed by atoms with Gasteiger partial charge in [-0.3, -0.25) is 19.3 Å². The lowest BCUT2D eigenvalue weighted by molar-refractivity contribution is -0.137. The molecule has 11 nitrogen and oxygen atoms in total. The Hall–Kier alpha value is -5.26. The number of carboxylic acids is 1.